The number of likely N-dealkylation sites (N-methyl/N-ethyl adjacent to an activating group) is 1. The maximum atomic E-state index is 8.82. The molecule has 0 spiro atoms. The van der Waals surface area contributed by atoms with Gasteiger partial charge < -0.3 is 10.2 Å². The van der Waals surface area contributed by atoms with Gasteiger partial charge >= 0.3 is 0 Å². The van der Waals surface area contributed by atoms with Gasteiger partial charge in [0.05, 0.1) is 0 Å². The highest BCUT2D eigenvalue weighted by Crippen LogP contribution is 2.27. The monoisotopic (exact) mass is 272 g/mol. The minimum absolute atomic E-state index is 0.285. The molecule has 0 fully saturated rings. The SMILES string of the molecule is CC(C)C(CN(C)C)Nc1nc(Cl)c(C#N)s1. The van der Waals surface area contributed by atoms with Crippen molar-refractivity contribution in [1.82, 2.24) is 9.88 Å². The first-order valence-electron chi connectivity index (χ1n) is 5.41. The molecule has 0 aliphatic heterocycles. The largest absolute Gasteiger partial charge is 0.357 e. The number of nitrogens with zero attached hydrogens (tertiary/aromatic N) is 3. The average molecular weight is 273 g/mol. The van der Waals surface area contributed by atoms with Crippen LogP contribution >= 0.6 is 22.9 Å². The van der Waals surface area contributed by atoms with Crippen LogP contribution in [0.4, 0.5) is 5.13 Å². The molecule has 0 saturated heterocycles. The molecular formula is C11H17ClN4S. The lowest BCUT2D eigenvalue weighted by Crippen LogP contribution is -2.36. The summed E-state index contributed by atoms with van der Waals surface area (Å²) in [4.78, 5) is 6.73. The second-order valence-electron chi connectivity index (χ2n) is 4.51. The van der Waals surface area contributed by atoms with E-state index in [4.69, 9.17) is 16.9 Å². The summed E-state index contributed by atoms with van der Waals surface area (Å²) >= 11 is 7.14. The van der Waals surface area contributed by atoms with Crippen LogP contribution in [0.2, 0.25) is 5.15 Å². The smallest absolute Gasteiger partial charge is 0.185 e. The van der Waals surface area contributed by atoms with Crippen molar-refractivity contribution in [2.45, 2.75) is 19.9 Å². The minimum atomic E-state index is 0.285. The van der Waals surface area contributed by atoms with Crippen LogP contribution in [0.25, 0.3) is 0 Å². The van der Waals surface area contributed by atoms with E-state index < -0.39 is 0 Å². The Balaban J connectivity index is 2.76. The Morgan fingerprint density at radius 2 is 2.18 bits per heavy atom. The zero-order valence-electron chi connectivity index (χ0n) is 10.5. The molecule has 94 valence electrons. The number of nitriles is 1. The Morgan fingerprint density at radius 3 is 2.59 bits per heavy atom. The number of hydrogen-bond acceptors (Lipinski definition) is 5. The van der Waals surface area contributed by atoms with Crippen molar-refractivity contribution in [2.24, 2.45) is 5.92 Å². The molecule has 0 radical (unpaired) electrons. The van der Waals surface area contributed by atoms with Crippen molar-refractivity contribution >= 4 is 28.1 Å². The summed E-state index contributed by atoms with van der Waals surface area (Å²) in [5.41, 5.74) is 0. The molecule has 1 rings (SSSR count). The van der Waals surface area contributed by atoms with Gasteiger partial charge in [-0.25, -0.2) is 4.98 Å². The molecule has 1 aromatic heterocycles. The second-order valence-corrected chi connectivity index (χ2v) is 5.86. The molecule has 17 heavy (non-hydrogen) atoms. The lowest BCUT2D eigenvalue weighted by atomic mass is 10.0. The molecule has 0 bridgehead atoms. The number of anilines is 1. The normalized spacial score (nSPS) is 12.8. The predicted molar refractivity (Wildman–Crippen MR) is 72.6 cm³/mol. The molecular weight excluding hydrogens is 256 g/mol. The Bertz CT molecular complexity index is 408. The summed E-state index contributed by atoms with van der Waals surface area (Å²) in [5, 5.41) is 13.2. The van der Waals surface area contributed by atoms with Crippen LogP contribution in [0.5, 0.6) is 0 Å². The van der Waals surface area contributed by atoms with Gasteiger partial charge in [0.15, 0.2) is 10.3 Å². The number of rotatable bonds is 5. The Hall–Kier alpha value is -0.830. The van der Waals surface area contributed by atoms with Gasteiger partial charge in [0, 0.05) is 12.6 Å². The third-order valence-corrected chi connectivity index (χ3v) is 3.64. The van der Waals surface area contributed by atoms with Crippen molar-refractivity contribution in [3.05, 3.63) is 10.0 Å². The van der Waals surface area contributed by atoms with E-state index in [2.05, 4.69) is 29.0 Å². The van der Waals surface area contributed by atoms with Gasteiger partial charge in [0.1, 0.15) is 10.9 Å². The van der Waals surface area contributed by atoms with Crippen LogP contribution in [-0.2, 0) is 0 Å². The van der Waals surface area contributed by atoms with Crippen LogP contribution in [0.3, 0.4) is 0 Å². The molecule has 6 heteroatoms. The summed E-state index contributed by atoms with van der Waals surface area (Å²) in [7, 11) is 4.07. The summed E-state index contributed by atoms with van der Waals surface area (Å²) in [6.07, 6.45) is 0. The van der Waals surface area contributed by atoms with Crippen LogP contribution < -0.4 is 5.32 Å². The number of hydrogen-bond donors (Lipinski definition) is 1. The van der Waals surface area contributed by atoms with E-state index in [0.717, 1.165) is 6.54 Å². The number of aromatic nitrogens is 1. The molecule has 0 aliphatic rings. The van der Waals surface area contributed by atoms with Crippen molar-refractivity contribution in [3.8, 4) is 6.07 Å². The van der Waals surface area contributed by atoms with Gasteiger partial charge in [-0.05, 0) is 20.0 Å². The molecule has 1 atom stereocenters. The van der Waals surface area contributed by atoms with Gasteiger partial charge in [-0.1, -0.05) is 36.8 Å². The zero-order chi connectivity index (χ0) is 13.0. The van der Waals surface area contributed by atoms with Crippen molar-refractivity contribution in [3.63, 3.8) is 0 Å². The van der Waals surface area contributed by atoms with Crippen LogP contribution in [0.15, 0.2) is 0 Å². The first kappa shape index (κ1) is 14.2. The third kappa shape index (κ3) is 4.15. The topological polar surface area (TPSA) is 52.0 Å². The summed E-state index contributed by atoms with van der Waals surface area (Å²) in [6, 6.07) is 2.32. The molecule has 1 heterocycles. The fourth-order valence-corrected chi connectivity index (χ4v) is 2.42. The predicted octanol–water partition coefficient (Wildman–Crippen LogP) is 2.67. The summed E-state index contributed by atoms with van der Waals surface area (Å²) < 4.78 is 0. The Labute approximate surface area is 111 Å². The molecule has 0 saturated carbocycles. The fraction of sp³-hybridized carbons (Fsp3) is 0.636. The van der Waals surface area contributed by atoms with E-state index in [1.54, 1.807) is 0 Å². The van der Waals surface area contributed by atoms with Crippen molar-refractivity contribution in [1.29, 1.82) is 5.26 Å². The highest BCUT2D eigenvalue weighted by molar-refractivity contribution is 7.16. The van der Waals surface area contributed by atoms with Crippen molar-refractivity contribution < 1.29 is 0 Å². The Kier molecular flexibility index (Phi) is 5.19. The number of thiazole rings is 1. The maximum Gasteiger partial charge on any atom is 0.185 e. The van der Waals surface area contributed by atoms with E-state index in [1.165, 1.54) is 11.3 Å². The van der Waals surface area contributed by atoms with Crippen LogP contribution in [0.1, 0.15) is 18.7 Å². The van der Waals surface area contributed by atoms with Crippen molar-refractivity contribution in [2.75, 3.05) is 26.0 Å². The molecule has 1 aromatic rings. The van der Waals surface area contributed by atoms with Gasteiger partial charge in [-0.15, -0.1) is 0 Å². The fourth-order valence-electron chi connectivity index (χ4n) is 1.41. The molecule has 1 N–H and O–H groups in total. The molecule has 0 aliphatic carbocycles. The van der Waals surface area contributed by atoms with Gasteiger partial charge in [0.2, 0.25) is 0 Å². The average Bonchev–Trinajstić information content (AvgIpc) is 2.57. The quantitative estimate of drug-likeness (QED) is 0.895. The molecule has 4 nitrogen and oxygen atoms in total. The number of nitrogens with one attached hydrogen (secondary N) is 1. The van der Waals surface area contributed by atoms with Crippen LogP contribution in [0, 0.1) is 17.2 Å². The third-order valence-electron chi connectivity index (χ3n) is 2.36. The summed E-state index contributed by atoms with van der Waals surface area (Å²) in [5.74, 6) is 0.477. The van der Waals surface area contributed by atoms with Gasteiger partial charge in [0.25, 0.3) is 0 Å². The molecule has 0 aromatic carbocycles. The van der Waals surface area contributed by atoms with E-state index in [-0.39, 0.29) is 5.15 Å². The van der Waals surface area contributed by atoms with Gasteiger partial charge in [-0.2, -0.15) is 5.26 Å². The summed E-state index contributed by atoms with van der Waals surface area (Å²) in [6.45, 7) is 5.22. The zero-order valence-corrected chi connectivity index (χ0v) is 12.1. The molecule has 1 unspecified atom stereocenters. The highest BCUT2D eigenvalue weighted by Gasteiger charge is 2.17. The lowest BCUT2D eigenvalue weighted by molar-refractivity contribution is 0.344. The number of halogens is 1. The van der Waals surface area contributed by atoms with E-state index in [9.17, 15) is 0 Å². The first-order chi connectivity index (χ1) is 7.93. The minimum Gasteiger partial charge on any atom is -0.357 e. The van der Waals surface area contributed by atoms with E-state index in [0.29, 0.717) is 22.0 Å². The maximum absolute atomic E-state index is 8.82. The van der Waals surface area contributed by atoms with Crippen LogP contribution in [-0.4, -0.2) is 36.6 Å². The second kappa shape index (κ2) is 6.20. The molecule has 0 amide bonds. The van der Waals surface area contributed by atoms with E-state index in [1.807, 2.05) is 20.2 Å². The lowest BCUT2D eigenvalue weighted by Gasteiger charge is -2.25. The standard InChI is InChI=1S/C11H17ClN4S/c1-7(2)8(6-16(3)4)14-11-15-10(12)9(5-13)17-11/h7-8H,6H2,1-4H3,(H,14,15). The Morgan fingerprint density at radius 1 is 1.53 bits per heavy atom. The highest BCUT2D eigenvalue weighted by atomic mass is 35.5. The first-order valence-corrected chi connectivity index (χ1v) is 6.61. The van der Waals surface area contributed by atoms with E-state index >= 15 is 0 Å². The van der Waals surface area contributed by atoms with Gasteiger partial charge in [-0.3, -0.25) is 0 Å².